The molecule has 3 rings (SSSR count). The number of anilines is 1. The van der Waals surface area contributed by atoms with Gasteiger partial charge < -0.3 is 14.8 Å². The van der Waals surface area contributed by atoms with Gasteiger partial charge in [0, 0.05) is 31.4 Å². The first-order chi connectivity index (χ1) is 15.8. The van der Waals surface area contributed by atoms with Gasteiger partial charge in [-0.15, -0.1) is 0 Å². The van der Waals surface area contributed by atoms with Gasteiger partial charge in [-0.3, -0.25) is 14.6 Å². The molecule has 1 aromatic rings. The summed E-state index contributed by atoms with van der Waals surface area (Å²) >= 11 is 0. The first kappa shape index (κ1) is 25.4. The number of hydrogen-bond donors (Lipinski definition) is 1. The van der Waals surface area contributed by atoms with Crippen LogP contribution in [-0.2, 0) is 27.1 Å². The Bertz CT molecular complexity index is 804. The third-order valence-electron chi connectivity index (χ3n) is 6.00. The molecule has 0 bridgehead atoms. The van der Waals surface area contributed by atoms with E-state index < -0.39 is 5.60 Å². The lowest BCUT2D eigenvalue weighted by atomic mass is 10.0. The summed E-state index contributed by atoms with van der Waals surface area (Å²) in [5.74, 6) is 0.614. The topological polar surface area (TPSA) is 84.0 Å². The van der Waals surface area contributed by atoms with Crippen molar-refractivity contribution in [2.45, 2.75) is 77.9 Å². The zero-order chi connectivity index (χ0) is 23.8. The summed E-state index contributed by atoms with van der Waals surface area (Å²) in [4.78, 5) is 33.3. The van der Waals surface area contributed by atoms with Gasteiger partial charge >= 0.3 is 12.1 Å². The molecule has 0 unspecified atom stereocenters. The van der Waals surface area contributed by atoms with Gasteiger partial charge in [-0.25, -0.2) is 9.78 Å². The van der Waals surface area contributed by atoms with Crippen LogP contribution in [0.2, 0.25) is 0 Å². The summed E-state index contributed by atoms with van der Waals surface area (Å²) in [5.41, 5.74) is 1.60. The number of hydrogen-bond acceptors (Lipinski definition) is 7. The summed E-state index contributed by atoms with van der Waals surface area (Å²) in [7, 11) is 0. The maximum Gasteiger partial charge on any atom is 0.416 e. The predicted octanol–water partition coefficient (Wildman–Crippen LogP) is 3.32. The van der Waals surface area contributed by atoms with Crippen LogP contribution in [0.3, 0.4) is 0 Å². The van der Waals surface area contributed by atoms with Crippen LogP contribution in [0.1, 0.15) is 64.6 Å². The molecule has 0 spiro atoms. The third kappa shape index (κ3) is 7.67. The van der Waals surface area contributed by atoms with E-state index >= 15 is 0 Å². The Hall–Kier alpha value is -2.19. The number of nitrogens with zero attached hydrogens (tertiary/aromatic N) is 3. The summed E-state index contributed by atoms with van der Waals surface area (Å²) in [5, 5.41) is 3.28. The number of esters is 1. The van der Waals surface area contributed by atoms with Crippen molar-refractivity contribution in [1.82, 2.24) is 15.2 Å². The molecule has 8 heteroatoms. The SMILES string of the molecule is CCOC(=O)CN(CCCCCc1ccc2c(n1)N(C(=O)OC(C)(C)C)CCC2)C1CNC1. The predicted molar refractivity (Wildman–Crippen MR) is 129 cm³/mol. The third-order valence-corrected chi connectivity index (χ3v) is 6.00. The maximum atomic E-state index is 12.7. The lowest BCUT2D eigenvalue weighted by Crippen LogP contribution is -2.58. The second-order valence-corrected chi connectivity index (χ2v) is 9.92. The summed E-state index contributed by atoms with van der Waals surface area (Å²) in [6, 6.07) is 4.62. The fourth-order valence-electron chi connectivity index (χ4n) is 4.21. The Morgan fingerprint density at radius 3 is 2.67 bits per heavy atom. The van der Waals surface area contributed by atoms with Crippen molar-refractivity contribution >= 4 is 17.9 Å². The molecule has 1 amide bonds. The van der Waals surface area contributed by atoms with Gasteiger partial charge in [0.15, 0.2) is 0 Å². The summed E-state index contributed by atoms with van der Waals surface area (Å²) in [6.45, 7) is 11.7. The molecule has 1 saturated heterocycles. The fraction of sp³-hybridized carbons (Fsp3) is 0.720. The standard InChI is InChI=1S/C25H40N4O4/c1-5-32-22(30)18-28(21-16-26-17-21)14-8-6-7-11-20-13-12-19-10-9-15-29(23(19)27-20)24(31)33-25(2,3)4/h12-13,21,26H,5-11,14-18H2,1-4H3. The van der Waals surface area contributed by atoms with Crippen molar-refractivity contribution in [1.29, 1.82) is 0 Å². The lowest BCUT2D eigenvalue weighted by Gasteiger charge is -2.37. The van der Waals surface area contributed by atoms with E-state index in [0.717, 1.165) is 75.2 Å². The van der Waals surface area contributed by atoms with Crippen LogP contribution in [0.4, 0.5) is 10.6 Å². The molecule has 8 nitrogen and oxygen atoms in total. The molecule has 2 aliphatic heterocycles. The van der Waals surface area contributed by atoms with Gasteiger partial charge in [-0.1, -0.05) is 12.5 Å². The van der Waals surface area contributed by atoms with Gasteiger partial charge in [0.1, 0.15) is 11.4 Å². The van der Waals surface area contributed by atoms with Gasteiger partial charge in [0.05, 0.1) is 13.2 Å². The number of carbonyl (C=O) groups is 2. The van der Waals surface area contributed by atoms with Crippen LogP contribution in [-0.4, -0.2) is 72.9 Å². The number of pyridine rings is 1. The van der Waals surface area contributed by atoms with Crippen molar-refractivity contribution in [3.63, 3.8) is 0 Å². The Balaban J connectivity index is 1.49. The summed E-state index contributed by atoms with van der Waals surface area (Å²) < 4.78 is 10.7. The van der Waals surface area contributed by atoms with E-state index in [9.17, 15) is 9.59 Å². The zero-order valence-corrected chi connectivity index (χ0v) is 20.7. The van der Waals surface area contributed by atoms with Crippen molar-refractivity contribution in [2.75, 3.05) is 44.2 Å². The van der Waals surface area contributed by atoms with E-state index in [1.54, 1.807) is 4.90 Å². The molecule has 0 aromatic carbocycles. The highest BCUT2D eigenvalue weighted by Crippen LogP contribution is 2.27. The van der Waals surface area contributed by atoms with Crippen molar-refractivity contribution in [3.8, 4) is 0 Å². The number of ether oxygens (including phenoxy) is 2. The van der Waals surface area contributed by atoms with E-state index in [0.29, 0.717) is 25.7 Å². The molecule has 33 heavy (non-hydrogen) atoms. The normalized spacial score (nSPS) is 16.3. The minimum atomic E-state index is -0.525. The lowest BCUT2D eigenvalue weighted by molar-refractivity contribution is -0.145. The first-order valence-corrected chi connectivity index (χ1v) is 12.4. The highest BCUT2D eigenvalue weighted by Gasteiger charge is 2.29. The van der Waals surface area contributed by atoms with Crippen LogP contribution >= 0.6 is 0 Å². The smallest absolute Gasteiger partial charge is 0.416 e. The van der Waals surface area contributed by atoms with Gasteiger partial charge in [0.25, 0.3) is 0 Å². The number of fused-ring (bicyclic) bond motifs is 1. The number of rotatable bonds is 10. The molecular formula is C25H40N4O4. The highest BCUT2D eigenvalue weighted by atomic mass is 16.6. The largest absolute Gasteiger partial charge is 0.465 e. The van der Waals surface area contributed by atoms with E-state index in [4.69, 9.17) is 14.5 Å². The Morgan fingerprint density at radius 1 is 1.21 bits per heavy atom. The molecule has 1 aromatic heterocycles. The molecule has 0 saturated carbocycles. The van der Waals surface area contributed by atoms with Gasteiger partial charge in [-0.2, -0.15) is 0 Å². The molecule has 1 N–H and O–H groups in total. The minimum Gasteiger partial charge on any atom is -0.465 e. The Labute approximate surface area is 198 Å². The number of carbonyl (C=O) groups excluding carboxylic acids is 2. The fourth-order valence-corrected chi connectivity index (χ4v) is 4.21. The van der Waals surface area contributed by atoms with E-state index in [-0.39, 0.29) is 12.1 Å². The van der Waals surface area contributed by atoms with Gasteiger partial charge in [0.2, 0.25) is 0 Å². The van der Waals surface area contributed by atoms with Gasteiger partial charge in [-0.05, 0) is 78.0 Å². The molecule has 0 aliphatic carbocycles. The molecule has 0 atom stereocenters. The van der Waals surface area contributed by atoms with Crippen molar-refractivity contribution in [3.05, 3.63) is 23.4 Å². The number of unbranched alkanes of at least 4 members (excludes halogenated alkanes) is 2. The quantitative estimate of drug-likeness (QED) is 0.424. The van der Waals surface area contributed by atoms with Crippen LogP contribution in [0.5, 0.6) is 0 Å². The second-order valence-electron chi connectivity index (χ2n) is 9.92. The Kier molecular flexibility index (Phi) is 9.09. The highest BCUT2D eigenvalue weighted by molar-refractivity contribution is 5.88. The molecule has 2 aliphatic rings. The minimum absolute atomic E-state index is 0.141. The number of amides is 1. The average Bonchev–Trinajstić information content (AvgIpc) is 2.70. The van der Waals surface area contributed by atoms with E-state index in [2.05, 4.69) is 22.3 Å². The second kappa shape index (κ2) is 11.8. The van der Waals surface area contributed by atoms with Crippen molar-refractivity contribution in [2.24, 2.45) is 0 Å². The van der Waals surface area contributed by atoms with Crippen LogP contribution in [0.25, 0.3) is 0 Å². The molecule has 3 heterocycles. The van der Waals surface area contributed by atoms with E-state index in [1.165, 1.54) is 0 Å². The maximum absolute atomic E-state index is 12.7. The number of aromatic nitrogens is 1. The monoisotopic (exact) mass is 460 g/mol. The number of nitrogens with one attached hydrogen (secondary N) is 1. The van der Waals surface area contributed by atoms with Crippen LogP contribution in [0, 0.1) is 0 Å². The van der Waals surface area contributed by atoms with Crippen molar-refractivity contribution < 1.29 is 19.1 Å². The summed E-state index contributed by atoms with van der Waals surface area (Å²) in [6.07, 6.45) is 5.53. The molecule has 184 valence electrons. The Morgan fingerprint density at radius 2 is 2.00 bits per heavy atom. The zero-order valence-electron chi connectivity index (χ0n) is 20.7. The number of aryl methyl sites for hydroxylation is 2. The first-order valence-electron chi connectivity index (χ1n) is 12.4. The van der Waals surface area contributed by atoms with Crippen LogP contribution < -0.4 is 10.2 Å². The van der Waals surface area contributed by atoms with E-state index in [1.807, 2.05) is 27.7 Å². The average molecular weight is 461 g/mol. The molecule has 1 fully saturated rings. The molecule has 0 radical (unpaired) electrons. The molecular weight excluding hydrogens is 420 g/mol. The van der Waals surface area contributed by atoms with Crippen LogP contribution in [0.15, 0.2) is 12.1 Å².